The molecule has 0 aliphatic carbocycles. The van der Waals surface area contributed by atoms with E-state index in [1.165, 1.54) is 0 Å². The largest absolute Gasteiger partial charge is 0.461 e. The van der Waals surface area contributed by atoms with Crippen molar-refractivity contribution < 1.29 is 4.42 Å². The second kappa shape index (κ2) is 3.75. The van der Waals surface area contributed by atoms with E-state index in [4.69, 9.17) is 4.42 Å². The summed E-state index contributed by atoms with van der Waals surface area (Å²) in [5.74, 6) is 1.54. The third-order valence-electron chi connectivity index (χ3n) is 2.30. The number of rotatable bonds is 1. The van der Waals surface area contributed by atoms with Gasteiger partial charge in [-0.25, -0.2) is 4.98 Å². The van der Waals surface area contributed by atoms with E-state index in [2.05, 4.69) is 36.8 Å². The van der Waals surface area contributed by atoms with Crippen LogP contribution in [0.15, 0.2) is 50.2 Å². The molecule has 0 amide bonds. The van der Waals surface area contributed by atoms with E-state index in [-0.39, 0.29) is 0 Å². The average molecular weight is 342 g/mol. The van der Waals surface area contributed by atoms with Gasteiger partial charge in [-0.05, 0) is 40.2 Å². The van der Waals surface area contributed by atoms with Crippen molar-refractivity contribution in [3.05, 3.63) is 45.8 Å². The number of hydrogen-bond acceptors (Lipinski definition) is 2. The molecular weight excluding hydrogens is 336 g/mol. The van der Waals surface area contributed by atoms with Crippen molar-refractivity contribution in [1.82, 2.24) is 9.38 Å². The Labute approximate surface area is 108 Å². The van der Waals surface area contributed by atoms with Crippen LogP contribution in [0.5, 0.6) is 0 Å². The average Bonchev–Trinajstić information content (AvgIpc) is 2.87. The number of hydrogen-bond donors (Lipinski definition) is 0. The number of fused-ring (bicyclic) bond motifs is 1. The second-order valence-corrected chi connectivity index (χ2v) is 4.97. The number of halogens is 2. The van der Waals surface area contributed by atoms with Crippen LogP contribution in [0.1, 0.15) is 0 Å². The van der Waals surface area contributed by atoms with E-state index in [9.17, 15) is 0 Å². The van der Waals surface area contributed by atoms with Gasteiger partial charge in [0.05, 0.1) is 11.8 Å². The summed E-state index contributed by atoms with van der Waals surface area (Å²) in [5.41, 5.74) is 1.00. The van der Waals surface area contributed by atoms with Crippen molar-refractivity contribution in [2.45, 2.75) is 0 Å². The fourth-order valence-electron chi connectivity index (χ4n) is 1.60. The molecule has 0 saturated carbocycles. The highest BCUT2D eigenvalue weighted by Gasteiger charge is 2.12. The summed E-state index contributed by atoms with van der Waals surface area (Å²) >= 11 is 6.88. The fourth-order valence-corrected chi connectivity index (χ4v) is 2.41. The van der Waals surface area contributed by atoms with Gasteiger partial charge in [0.2, 0.25) is 0 Å². The van der Waals surface area contributed by atoms with Crippen molar-refractivity contribution in [3.63, 3.8) is 0 Å². The van der Waals surface area contributed by atoms with Crippen molar-refractivity contribution in [2.24, 2.45) is 0 Å². The Hall–Kier alpha value is -1.07. The Kier molecular flexibility index (Phi) is 2.37. The van der Waals surface area contributed by atoms with Crippen LogP contribution in [-0.2, 0) is 0 Å². The highest BCUT2D eigenvalue weighted by Crippen LogP contribution is 2.27. The van der Waals surface area contributed by atoms with Gasteiger partial charge in [0, 0.05) is 10.7 Å². The normalized spacial score (nSPS) is 11.1. The molecule has 80 valence electrons. The molecule has 0 N–H and O–H groups in total. The summed E-state index contributed by atoms with van der Waals surface area (Å²) in [4.78, 5) is 4.44. The summed E-state index contributed by atoms with van der Waals surface area (Å²) in [6.45, 7) is 0. The zero-order valence-corrected chi connectivity index (χ0v) is 11.2. The highest BCUT2D eigenvalue weighted by molar-refractivity contribution is 9.11. The molecule has 0 saturated heterocycles. The first-order valence-corrected chi connectivity index (χ1v) is 6.21. The number of nitrogens with zero attached hydrogens (tertiary/aromatic N) is 2. The number of imidazole rings is 1. The second-order valence-electron chi connectivity index (χ2n) is 3.30. The first-order valence-electron chi connectivity index (χ1n) is 4.63. The van der Waals surface area contributed by atoms with Crippen molar-refractivity contribution in [1.29, 1.82) is 0 Å². The first-order chi connectivity index (χ1) is 7.75. The summed E-state index contributed by atoms with van der Waals surface area (Å²) < 4.78 is 9.16. The molecule has 16 heavy (non-hydrogen) atoms. The molecule has 0 aliphatic heterocycles. The van der Waals surface area contributed by atoms with Gasteiger partial charge in [0.25, 0.3) is 0 Å². The lowest BCUT2D eigenvalue weighted by molar-refractivity contribution is 0.577. The van der Waals surface area contributed by atoms with Crippen LogP contribution >= 0.6 is 31.9 Å². The monoisotopic (exact) mass is 340 g/mol. The van der Waals surface area contributed by atoms with Gasteiger partial charge in [-0.3, -0.25) is 4.40 Å². The van der Waals surface area contributed by atoms with Gasteiger partial charge in [-0.1, -0.05) is 15.9 Å². The van der Waals surface area contributed by atoms with Crippen LogP contribution in [0.25, 0.3) is 17.1 Å². The molecule has 5 heteroatoms. The molecule has 3 aromatic heterocycles. The molecular formula is C11H6Br2N2O. The SMILES string of the molecule is Brc1ccn2c(-c3ccco3)nc(Br)c2c1. The molecule has 3 heterocycles. The van der Waals surface area contributed by atoms with E-state index in [1.807, 2.05) is 34.9 Å². The third-order valence-corrected chi connectivity index (χ3v) is 3.38. The quantitative estimate of drug-likeness (QED) is 0.666. The summed E-state index contributed by atoms with van der Waals surface area (Å²) in [6.07, 6.45) is 3.60. The highest BCUT2D eigenvalue weighted by atomic mass is 79.9. The Balaban J connectivity index is 2.35. The van der Waals surface area contributed by atoms with Gasteiger partial charge in [-0.15, -0.1) is 0 Å². The van der Waals surface area contributed by atoms with Crippen molar-refractivity contribution in [2.75, 3.05) is 0 Å². The van der Waals surface area contributed by atoms with E-state index in [0.29, 0.717) is 0 Å². The van der Waals surface area contributed by atoms with E-state index in [0.717, 1.165) is 26.2 Å². The molecule has 0 fully saturated rings. The van der Waals surface area contributed by atoms with Crippen LogP contribution in [0.3, 0.4) is 0 Å². The minimum atomic E-state index is 0.753. The van der Waals surface area contributed by atoms with Crippen LogP contribution in [0.4, 0.5) is 0 Å². The summed E-state index contributed by atoms with van der Waals surface area (Å²) in [7, 11) is 0. The van der Waals surface area contributed by atoms with Gasteiger partial charge in [0.1, 0.15) is 4.60 Å². The molecule has 0 radical (unpaired) electrons. The van der Waals surface area contributed by atoms with Gasteiger partial charge in [0.15, 0.2) is 11.6 Å². The standard InChI is InChI=1S/C11H6Br2N2O/c12-7-3-4-15-8(6-7)10(13)14-11(15)9-2-1-5-16-9/h1-6H. The Morgan fingerprint density at radius 2 is 2.12 bits per heavy atom. The number of pyridine rings is 1. The molecule has 3 nitrogen and oxygen atoms in total. The van der Waals surface area contributed by atoms with Crippen LogP contribution in [0, 0.1) is 0 Å². The maximum Gasteiger partial charge on any atom is 0.181 e. The predicted molar refractivity (Wildman–Crippen MR) is 68.3 cm³/mol. The van der Waals surface area contributed by atoms with Crippen molar-refractivity contribution >= 4 is 37.4 Å². The number of furan rings is 1. The lowest BCUT2D eigenvalue weighted by Gasteiger charge is -1.98. The first kappa shape index (κ1) is 10.1. The smallest absolute Gasteiger partial charge is 0.181 e. The molecule has 0 unspecified atom stereocenters. The van der Waals surface area contributed by atoms with Crippen LogP contribution in [-0.4, -0.2) is 9.38 Å². The predicted octanol–water partition coefficient (Wildman–Crippen LogP) is 4.12. The number of aromatic nitrogens is 2. The Bertz CT molecular complexity index is 643. The zero-order chi connectivity index (χ0) is 11.1. The topological polar surface area (TPSA) is 30.4 Å². The van der Waals surface area contributed by atoms with Gasteiger partial charge >= 0.3 is 0 Å². The third kappa shape index (κ3) is 1.51. The minimum Gasteiger partial charge on any atom is -0.461 e. The molecule has 0 spiro atoms. The molecule has 0 aliphatic rings. The maximum absolute atomic E-state index is 5.36. The molecule has 3 aromatic rings. The van der Waals surface area contributed by atoms with Crippen molar-refractivity contribution in [3.8, 4) is 11.6 Å². The molecule has 0 aromatic carbocycles. The lowest BCUT2D eigenvalue weighted by atomic mass is 10.4. The maximum atomic E-state index is 5.36. The fraction of sp³-hybridized carbons (Fsp3) is 0. The van der Waals surface area contributed by atoms with Gasteiger partial charge in [-0.2, -0.15) is 0 Å². The molecule has 0 atom stereocenters. The zero-order valence-electron chi connectivity index (χ0n) is 8.02. The molecule has 0 bridgehead atoms. The van der Waals surface area contributed by atoms with E-state index < -0.39 is 0 Å². The Morgan fingerprint density at radius 1 is 1.25 bits per heavy atom. The van der Waals surface area contributed by atoms with E-state index in [1.54, 1.807) is 6.26 Å². The van der Waals surface area contributed by atoms with E-state index >= 15 is 0 Å². The van der Waals surface area contributed by atoms with Crippen LogP contribution in [0.2, 0.25) is 0 Å². The summed E-state index contributed by atoms with van der Waals surface area (Å²) in [6, 6.07) is 7.71. The minimum absolute atomic E-state index is 0.753. The van der Waals surface area contributed by atoms with Gasteiger partial charge < -0.3 is 4.42 Å². The Morgan fingerprint density at radius 3 is 2.88 bits per heavy atom. The lowest BCUT2D eigenvalue weighted by Crippen LogP contribution is -1.86. The van der Waals surface area contributed by atoms with Crippen LogP contribution < -0.4 is 0 Å². The molecule has 3 rings (SSSR count). The summed E-state index contributed by atoms with van der Waals surface area (Å²) in [5, 5.41) is 0.